The number of hydrogen-bond acceptors (Lipinski definition) is 4. The van der Waals surface area contributed by atoms with Crippen LogP contribution >= 0.6 is 11.3 Å². The van der Waals surface area contributed by atoms with Crippen LogP contribution in [0.1, 0.15) is 23.1 Å². The van der Waals surface area contributed by atoms with Crippen LogP contribution in [-0.4, -0.2) is 17.0 Å². The van der Waals surface area contributed by atoms with Crippen molar-refractivity contribution in [1.82, 2.24) is 4.98 Å². The molecule has 5 rings (SSSR count). The van der Waals surface area contributed by atoms with Crippen molar-refractivity contribution >= 4 is 22.9 Å². The Labute approximate surface area is 189 Å². The average molecular weight is 445 g/mol. The zero-order valence-electron chi connectivity index (χ0n) is 17.5. The number of thiazole rings is 1. The largest absolute Gasteiger partial charge is 0.479 e. The maximum absolute atomic E-state index is 13.3. The van der Waals surface area contributed by atoms with Gasteiger partial charge in [0.2, 0.25) is 0 Å². The molecular formula is C26H21FN2O2S. The highest BCUT2D eigenvalue weighted by Crippen LogP contribution is 2.38. The van der Waals surface area contributed by atoms with E-state index in [9.17, 15) is 9.18 Å². The highest BCUT2D eigenvalue weighted by Gasteiger charge is 2.32. The maximum Gasteiger partial charge on any atom is 0.268 e. The first kappa shape index (κ1) is 20.4. The van der Waals surface area contributed by atoms with Crippen LogP contribution in [0.5, 0.6) is 5.75 Å². The van der Waals surface area contributed by atoms with Crippen molar-refractivity contribution in [1.29, 1.82) is 0 Å². The van der Waals surface area contributed by atoms with Crippen molar-refractivity contribution in [2.75, 3.05) is 4.90 Å². The van der Waals surface area contributed by atoms with E-state index in [1.54, 1.807) is 35.3 Å². The lowest BCUT2D eigenvalue weighted by atomic mass is 10.1. The van der Waals surface area contributed by atoms with Crippen LogP contribution in [0.25, 0.3) is 11.3 Å². The molecule has 3 aromatic carbocycles. The molecule has 4 aromatic rings. The number of benzene rings is 3. The topological polar surface area (TPSA) is 42.4 Å². The van der Waals surface area contributed by atoms with E-state index < -0.39 is 6.10 Å². The minimum Gasteiger partial charge on any atom is -0.479 e. The van der Waals surface area contributed by atoms with E-state index in [0.717, 1.165) is 28.2 Å². The van der Waals surface area contributed by atoms with E-state index in [4.69, 9.17) is 9.72 Å². The number of hydrogen-bond donors (Lipinski definition) is 0. The number of carbonyl (C=O) groups is 1. The molecule has 1 aliphatic rings. The number of nitrogens with zero attached hydrogens (tertiary/aromatic N) is 2. The highest BCUT2D eigenvalue weighted by molar-refractivity contribution is 7.10. The van der Waals surface area contributed by atoms with Gasteiger partial charge in [0.05, 0.1) is 22.9 Å². The molecule has 0 spiro atoms. The first-order chi connectivity index (χ1) is 15.6. The van der Waals surface area contributed by atoms with Crippen molar-refractivity contribution in [3.05, 3.63) is 100 Å². The van der Waals surface area contributed by atoms with E-state index in [2.05, 4.69) is 12.1 Å². The summed E-state index contributed by atoms with van der Waals surface area (Å²) in [4.78, 5) is 19.4. The molecule has 0 saturated heterocycles. The zero-order chi connectivity index (χ0) is 22.1. The number of halogens is 1. The first-order valence-electron chi connectivity index (χ1n) is 10.4. The summed E-state index contributed by atoms with van der Waals surface area (Å²) in [5, 5.41) is 3.08. The summed E-state index contributed by atoms with van der Waals surface area (Å²) in [5.41, 5.74) is 4.57. The SMILES string of the molecule is CC1Oc2ccc(-c3csc(Cc4ccccc4)n3)cc2N(Cc2ccc(F)cc2)C1=O. The molecule has 2 heterocycles. The second kappa shape index (κ2) is 8.55. The van der Waals surface area contributed by atoms with E-state index in [0.29, 0.717) is 18.0 Å². The van der Waals surface area contributed by atoms with E-state index in [1.807, 2.05) is 41.8 Å². The smallest absolute Gasteiger partial charge is 0.268 e. The molecule has 0 radical (unpaired) electrons. The molecule has 160 valence electrons. The molecule has 1 amide bonds. The Morgan fingerprint density at radius 3 is 2.59 bits per heavy atom. The number of ether oxygens (including phenoxy) is 1. The maximum atomic E-state index is 13.3. The van der Waals surface area contributed by atoms with Gasteiger partial charge in [-0.15, -0.1) is 11.3 Å². The zero-order valence-corrected chi connectivity index (χ0v) is 18.3. The lowest BCUT2D eigenvalue weighted by Crippen LogP contribution is -2.44. The Kier molecular flexibility index (Phi) is 5.45. The number of anilines is 1. The third-order valence-corrected chi connectivity index (χ3v) is 6.32. The van der Waals surface area contributed by atoms with Crippen LogP contribution < -0.4 is 9.64 Å². The Balaban J connectivity index is 1.45. The number of rotatable bonds is 5. The molecule has 32 heavy (non-hydrogen) atoms. The number of aromatic nitrogens is 1. The summed E-state index contributed by atoms with van der Waals surface area (Å²) in [6, 6.07) is 22.3. The quantitative estimate of drug-likeness (QED) is 0.388. The summed E-state index contributed by atoms with van der Waals surface area (Å²) in [5.74, 6) is 0.234. The Bertz CT molecular complexity index is 1250. The molecule has 0 fully saturated rings. The fraction of sp³-hybridized carbons (Fsp3) is 0.154. The number of amides is 1. The van der Waals surface area contributed by atoms with Gasteiger partial charge in [-0.25, -0.2) is 9.37 Å². The number of fused-ring (bicyclic) bond motifs is 1. The third-order valence-electron chi connectivity index (χ3n) is 5.47. The molecule has 6 heteroatoms. The minimum absolute atomic E-state index is 0.123. The van der Waals surface area contributed by atoms with Crippen LogP contribution in [0.4, 0.5) is 10.1 Å². The van der Waals surface area contributed by atoms with Crippen LogP contribution in [0.2, 0.25) is 0 Å². The molecule has 1 aromatic heterocycles. The van der Waals surface area contributed by atoms with Crippen molar-refractivity contribution in [2.45, 2.75) is 26.0 Å². The van der Waals surface area contributed by atoms with Crippen LogP contribution in [-0.2, 0) is 17.8 Å². The van der Waals surface area contributed by atoms with Crippen LogP contribution in [0.3, 0.4) is 0 Å². The third kappa shape index (κ3) is 4.14. The summed E-state index contributed by atoms with van der Waals surface area (Å²) in [6.45, 7) is 2.09. The van der Waals surface area contributed by atoms with Gasteiger partial charge in [0.1, 0.15) is 11.6 Å². The van der Waals surface area contributed by atoms with E-state index in [1.165, 1.54) is 17.7 Å². The van der Waals surface area contributed by atoms with Crippen molar-refractivity contribution in [3.63, 3.8) is 0 Å². The Morgan fingerprint density at radius 2 is 1.81 bits per heavy atom. The Hall–Kier alpha value is -3.51. The Morgan fingerprint density at radius 1 is 1.03 bits per heavy atom. The van der Waals surface area contributed by atoms with Crippen molar-refractivity contribution < 1.29 is 13.9 Å². The molecule has 1 aliphatic heterocycles. The molecule has 0 N–H and O–H groups in total. The predicted octanol–water partition coefficient (Wildman–Crippen LogP) is 5.85. The summed E-state index contributed by atoms with van der Waals surface area (Å²) >= 11 is 1.62. The molecule has 1 atom stereocenters. The summed E-state index contributed by atoms with van der Waals surface area (Å²) in [7, 11) is 0. The average Bonchev–Trinajstić information content (AvgIpc) is 3.27. The number of carbonyl (C=O) groups excluding carboxylic acids is 1. The van der Waals surface area contributed by atoms with Gasteiger partial charge < -0.3 is 9.64 Å². The van der Waals surface area contributed by atoms with Gasteiger partial charge >= 0.3 is 0 Å². The van der Waals surface area contributed by atoms with Gasteiger partial charge in [0, 0.05) is 17.4 Å². The molecule has 0 bridgehead atoms. The standard InChI is InChI=1S/C26H21FN2O2S/c1-17-26(30)29(15-19-7-10-21(27)11-8-19)23-14-20(9-12-24(23)31-17)22-16-32-25(28-22)13-18-5-3-2-4-6-18/h2-12,14,16-17H,13,15H2,1H3. The second-order valence-electron chi connectivity index (χ2n) is 7.78. The fourth-order valence-electron chi connectivity index (χ4n) is 3.80. The van der Waals surface area contributed by atoms with Gasteiger partial charge in [0.15, 0.2) is 6.10 Å². The lowest BCUT2D eigenvalue weighted by molar-refractivity contribution is -0.125. The van der Waals surface area contributed by atoms with Crippen LogP contribution in [0, 0.1) is 5.82 Å². The molecule has 0 saturated carbocycles. The monoisotopic (exact) mass is 444 g/mol. The van der Waals surface area contributed by atoms with Gasteiger partial charge in [0.25, 0.3) is 5.91 Å². The molecule has 0 aliphatic carbocycles. The predicted molar refractivity (Wildman–Crippen MR) is 124 cm³/mol. The minimum atomic E-state index is -0.578. The second-order valence-corrected chi connectivity index (χ2v) is 8.72. The highest BCUT2D eigenvalue weighted by atomic mass is 32.1. The van der Waals surface area contributed by atoms with Gasteiger partial charge in [-0.05, 0) is 48.4 Å². The van der Waals surface area contributed by atoms with E-state index >= 15 is 0 Å². The first-order valence-corrected chi connectivity index (χ1v) is 11.3. The fourth-order valence-corrected chi connectivity index (χ4v) is 4.63. The van der Waals surface area contributed by atoms with Crippen molar-refractivity contribution in [3.8, 4) is 17.0 Å². The molecular weight excluding hydrogens is 423 g/mol. The van der Waals surface area contributed by atoms with Gasteiger partial charge in [-0.2, -0.15) is 0 Å². The van der Waals surface area contributed by atoms with Gasteiger partial charge in [-0.1, -0.05) is 42.5 Å². The van der Waals surface area contributed by atoms with Crippen molar-refractivity contribution in [2.24, 2.45) is 0 Å². The normalized spacial score (nSPS) is 15.4. The lowest BCUT2D eigenvalue weighted by Gasteiger charge is -2.33. The van der Waals surface area contributed by atoms with E-state index in [-0.39, 0.29) is 11.7 Å². The molecule has 4 nitrogen and oxygen atoms in total. The summed E-state index contributed by atoms with van der Waals surface area (Å²) in [6.07, 6.45) is 0.206. The van der Waals surface area contributed by atoms with Crippen LogP contribution in [0.15, 0.2) is 78.2 Å². The molecule has 1 unspecified atom stereocenters. The van der Waals surface area contributed by atoms with Gasteiger partial charge in [-0.3, -0.25) is 4.79 Å². The summed E-state index contributed by atoms with van der Waals surface area (Å²) < 4.78 is 19.2.